The van der Waals surface area contributed by atoms with Crippen molar-refractivity contribution in [3.8, 4) is 0 Å². The molecular formula is C12H17N3. The highest BCUT2D eigenvalue weighted by molar-refractivity contribution is 5.81. The van der Waals surface area contributed by atoms with Crippen molar-refractivity contribution in [2.24, 2.45) is 0 Å². The molecule has 1 aromatic heterocycles. The predicted molar refractivity (Wildman–Crippen MR) is 62.8 cm³/mol. The molecule has 0 aliphatic heterocycles. The number of fused-ring (bicyclic) bond motifs is 1. The molecule has 1 aromatic carbocycles. The minimum atomic E-state index is 0.353. The number of benzene rings is 1. The van der Waals surface area contributed by atoms with Gasteiger partial charge < -0.3 is 0 Å². The first-order chi connectivity index (χ1) is 7.24. The van der Waals surface area contributed by atoms with Gasteiger partial charge in [-0.2, -0.15) is 5.10 Å². The van der Waals surface area contributed by atoms with E-state index < -0.39 is 0 Å². The summed E-state index contributed by atoms with van der Waals surface area (Å²) in [6, 6.07) is 8.61. The molecule has 2 rings (SSSR count). The fourth-order valence-electron chi connectivity index (χ4n) is 1.79. The lowest BCUT2D eigenvalue weighted by Crippen LogP contribution is -2.22. The molecule has 0 radical (unpaired) electrons. The average molecular weight is 203 g/mol. The van der Waals surface area contributed by atoms with Gasteiger partial charge in [-0.1, -0.05) is 25.1 Å². The van der Waals surface area contributed by atoms with E-state index in [0.29, 0.717) is 6.04 Å². The molecule has 0 fully saturated rings. The number of aromatic amines is 1. The first-order valence-corrected chi connectivity index (χ1v) is 5.37. The van der Waals surface area contributed by atoms with Crippen LogP contribution in [0.2, 0.25) is 0 Å². The average Bonchev–Trinajstić information content (AvgIpc) is 2.70. The van der Waals surface area contributed by atoms with Crippen molar-refractivity contribution in [2.45, 2.75) is 19.9 Å². The smallest absolute Gasteiger partial charge is 0.0869 e. The molecule has 3 heteroatoms. The fraction of sp³-hybridized carbons (Fsp3) is 0.417. The van der Waals surface area contributed by atoms with Gasteiger partial charge in [0.05, 0.1) is 17.3 Å². The van der Waals surface area contributed by atoms with Crippen LogP contribution in [-0.2, 0) is 0 Å². The lowest BCUT2D eigenvalue weighted by molar-refractivity contribution is 0.272. The molecule has 0 saturated heterocycles. The predicted octanol–water partition coefficient (Wildman–Crippen LogP) is 2.58. The molecule has 0 spiro atoms. The van der Waals surface area contributed by atoms with Crippen LogP contribution in [0, 0.1) is 0 Å². The Morgan fingerprint density at radius 3 is 2.87 bits per heavy atom. The molecule has 1 N–H and O–H groups in total. The number of H-pyrrole nitrogens is 1. The molecule has 2 aromatic rings. The zero-order valence-corrected chi connectivity index (χ0v) is 9.49. The normalized spacial score (nSPS) is 13.6. The third kappa shape index (κ3) is 1.75. The van der Waals surface area contributed by atoms with Gasteiger partial charge in [0.1, 0.15) is 0 Å². The van der Waals surface area contributed by atoms with E-state index in [-0.39, 0.29) is 0 Å². The summed E-state index contributed by atoms with van der Waals surface area (Å²) in [7, 11) is 2.12. The van der Waals surface area contributed by atoms with Crippen molar-refractivity contribution in [3.05, 3.63) is 30.0 Å². The Hall–Kier alpha value is -1.35. The first kappa shape index (κ1) is 10.2. The van der Waals surface area contributed by atoms with Gasteiger partial charge in [-0.15, -0.1) is 0 Å². The SMILES string of the molecule is CCN(C)C(C)c1n[nH]c2ccccc12. The molecule has 0 aliphatic rings. The van der Waals surface area contributed by atoms with Crippen molar-refractivity contribution >= 4 is 10.9 Å². The monoisotopic (exact) mass is 203 g/mol. The Balaban J connectivity index is 2.43. The van der Waals surface area contributed by atoms with Gasteiger partial charge in [0.25, 0.3) is 0 Å². The maximum Gasteiger partial charge on any atom is 0.0869 e. The Bertz CT molecular complexity index is 447. The quantitative estimate of drug-likeness (QED) is 0.831. The Labute approximate surface area is 90.1 Å². The Morgan fingerprint density at radius 1 is 1.40 bits per heavy atom. The maximum absolute atomic E-state index is 4.40. The van der Waals surface area contributed by atoms with Gasteiger partial charge in [-0.05, 0) is 26.6 Å². The van der Waals surface area contributed by atoms with Crippen molar-refractivity contribution < 1.29 is 0 Å². The zero-order valence-electron chi connectivity index (χ0n) is 9.49. The minimum Gasteiger partial charge on any atom is -0.298 e. The second-order valence-corrected chi connectivity index (χ2v) is 3.90. The highest BCUT2D eigenvalue weighted by atomic mass is 15.2. The van der Waals surface area contributed by atoms with Crippen molar-refractivity contribution in [1.29, 1.82) is 0 Å². The largest absolute Gasteiger partial charge is 0.298 e. The van der Waals surface area contributed by atoms with Crippen LogP contribution in [0.4, 0.5) is 0 Å². The summed E-state index contributed by atoms with van der Waals surface area (Å²) in [4.78, 5) is 2.28. The number of rotatable bonds is 3. The summed E-state index contributed by atoms with van der Waals surface area (Å²) in [6.07, 6.45) is 0. The fourth-order valence-corrected chi connectivity index (χ4v) is 1.79. The summed E-state index contributed by atoms with van der Waals surface area (Å²) in [5.41, 5.74) is 2.25. The van der Waals surface area contributed by atoms with Crippen LogP contribution in [-0.4, -0.2) is 28.7 Å². The van der Waals surface area contributed by atoms with Crippen LogP contribution in [0.3, 0.4) is 0 Å². The number of hydrogen-bond acceptors (Lipinski definition) is 2. The van der Waals surface area contributed by atoms with E-state index in [1.165, 1.54) is 5.39 Å². The van der Waals surface area contributed by atoms with Gasteiger partial charge in [-0.25, -0.2) is 0 Å². The van der Waals surface area contributed by atoms with Crippen molar-refractivity contribution in [3.63, 3.8) is 0 Å². The highest BCUT2D eigenvalue weighted by Crippen LogP contribution is 2.24. The second-order valence-electron chi connectivity index (χ2n) is 3.90. The minimum absolute atomic E-state index is 0.353. The first-order valence-electron chi connectivity index (χ1n) is 5.37. The number of nitrogens with one attached hydrogen (secondary N) is 1. The standard InChI is InChI=1S/C12H17N3/c1-4-15(3)9(2)12-10-7-5-6-8-11(10)13-14-12/h5-9H,4H2,1-3H3,(H,13,14). The zero-order chi connectivity index (χ0) is 10.8. The van der Waals surface area contributed by atoms with E-state index in [1.807, 2.05) is 6.07 Å². The van der Waals surface area contributed by atoms with E-state index in [0.717, 1.165) is 17.8 Å². The van der Waals surface area contributed by atoms with Crippen LogP contribution in [0.25, 0.3) is 10.9 Å². The summed E-state index contributed by atoms with van der Waals surface area (Å²) in [5.74, 6) is 0. The molecule has 0 saturated carbocycles. The van der Waals surface area contributed by atoms with Crippen LogP contribution in [0.15, 0.2) is 24.3 Å². The molecule has 1 atom stereocenters. The van der Waals surface area contributed by atoms with Crippen LogP contribution < -0.4 is 0 Å². The summed E-state index contributed by atoms with van der Waals surface area (Å²) in [5, 5.41) is 8.70. The van der Waals surface area contributed by atoms with E-state index in [4.69, 9.17) is 0 Å². The molecule has 0 amide bonds. The Morgan fingerprint density at radius 2 is 2.13 bits per heavy atom. The number of aromatic nitrogens is 2. The van der Waals surface area contributed by atoms with Crippen LogP contribution in [0.5, 0.6) is 0 Å². The number of para-hydroxylation sites is 1. The van der Waals surface area contributed by atoms with Gasteiger partial charge >= 0.3 is 0 Å². The molecule has 1 heterocycles. The van der Waals surface area contributed by atoms with Crippen LogP contribution in [0.1, 0.15) is 25.6 Å². The topological polar surface area (TPSA) is 31.9 Å². The van der Waals surface area contributed by atoms with E-state index in [2.05, 4.69) is 54.2 Å². The molecule has 80 valence electrons. The second kappa shape index (κ2) is 4.03. The van der Waals surface area contributed by atoms with Gasteiger partial charge in [0.15, 0.2) is 0 Å². The summed E-state index contributed by atoms with van der Waals surface area (Å²) in [6.45, 7) is 5.37. The van der Waals surface area contributed by atoms with Crippen molar-refractivity contribution in [2.75, 3.05) is 13.6 Å². The molecule has 0 bridgehead atoms. The molecule has 3 nitrogen and oxygen atoms in total. The van der Waals surface area contributed by atoms with E-state index in [9.17, 15) is 0 Å². The van der Waals surface area contributed by atoms with Gasteiger partial charge in [0.2, 0.25) is 0 Å². The molecular weight excluding hydrogens is 186 g/mol. The number of hydrogen-bond donors (Lipinski definition) is 1. The van der Waals surface area contributed by atoms with E-state index in [1.54, 1.807) is 0 Å². The maximum atomic E-state index is 4.40. The summed E-state index contributed by atoms with van der Waals surface area (Å²) < 4.78 is 0. The molecule has 15 heavy (non-hydrogen) atoms. The lowest BCUT2D eigenvalue weighted by atomic mass is 10.1. The third-order valence-electron chi connectivity index (χ3n) is 3.06. The van der Waals surface area contributed by atoms with E-state index >= 15 is 0 Å². The lowest BCUT2D eigenvalue weighted by Gasteiger charge is -2.21. The Kier molecular flexibility index (Phi) is 2.73. The highest BCUT2D eigenvalue weighted by Gasteiger charge is 2.15. The number of nitrogens with zero attached hydrogens (tertiary/aromatic N) is 2. The van der Waals surface area contributed by atoms with Crippen molar-refractivity contribution in [1.82, 2.24) is 15.1 Å². The third-order valence-corrected chi connectivity index (χ3v) is 3.06. The molecule has 0 aliphatic carbocycles. The summed E-state index contributed by atoms with van der Waals surface area (Å²) >= 11 is 0. The van der Waals surface area contributed by atoms with Crippen LogP contribution >= 0.6 is 0 Å². The van der Waals surface area contributed by atoms with Gasteiger partial charge in [0, 0.05) is 5.39 Å². The van der Waals surface area contributed by atoms with Gasteiger partial charge in [-0.3, -0.25) is 10.00 Å². The molecule has 1 unspecified atom stereocenters.